The van der Waals surface area contributed by atoms with Crippen LogP contribution in [0, 0.1) is 0 Å². The molecular formula is C12H22O5S. The highest BCUT2D eigenvalue weighted by Crippen LogP contribution is 2.00. The molecule has 5 nitrogen and oxygen atoms in total. The first-order valence-corrected chi connectivity index (χ1v) is 7.77. The van der Waals surface area contributed by atoms with E-state index in [1.165, 1.54) is 0 Å². The van der Waals surface area contributed by atoms with E-state index < -0.39 is 22.7 Å². The maximum Gasteiger partial charge on any atom is 0.318 e. The molecule has 106 valence electrons. The Balaban J connectivity index is 3.49. The van der Waals surface area contributed by atoms with Crippen molar-refractivity contribution >= 4 is 22.7 Å². The third-order valence-electron chi connectivity index (χ3n) is 2.30. The summed E-state index contributed by atoms with van der Waals surface area (Å²) < 4.78 is 16.3. The number of hydrogen-bond acceptors (Lipinski definition) is 4. The van der Waals surface area contributed by atoms with Crippen molar-refractivity contribution in [3.63, 3.8) is 0 Å². The summed E-state index contributed by atoms with van der Waals surface area (Å²) in [5.41, 5.74) is 0. The first kappa shape index (κ1) is 17.1. The zero-order chi connectivity index (χ0) is 13.8. The second-order valence-corrected chi connectivity index (χ2v) is 5.64. The molecule has 0 amide bonds. The van der Waals surface area contributed by atoms with Crippen LogP contribution in [0.25, 0.3) is 0 Å². The molecule has 0 spiro atoms. The lowest BCUT2D eigenvalue weighted by Crippen LogP contribution is -2.17. The maximum atomic E-state index is 11.4. The minimum Gasteiger partial charge on any atom is -0.481 e. The van der Waals surface area contributed by atoms with E-state index in [1.807, 2.05) is 0 Å². The molecular weight excluding hydrogens is 256 g/mol. The van der Waals surface area contributed by atoms with Gasteiger partial charge in [-0.25, -0.2) is 0 Å². The molecule has 0 rings (SSSR count). The largest absolute Gasteiger partial charge is 0.481 e. The Labute approximate surface area is 110 Å². The lowest BCUT2D eigenvalue weighted by atomic mass is 10.2. The van der Waals surface area contributed by atoms with Crippen molar-refractivity contribution in [2.24, 2.45) is 0 Å². The summed E-state index contributed by atoms with van der Waals surface area (Å²) in [6.45, 7) is 2.48. The second kappa shape index (κ2) is 11.2. The summed E-state index contributed by atoms with van der Waals surface area (Å²) in [7, 11) is -1.31. The van der Waals surface area contributed by atoms with Crippen LogP contribution >= 0.6 is 0 Å². The third-order valence-corrected chi connectivity index (χ3v) is 3.60. The number of carbonyl (C=O) groups is 2. The van der Waals surface area contributed by atoms with Crippen molar-refractivity contribution < 1.29 is 23.6 Å². The van der Waals surface area contributed by atoms with Gasteiger partial charge in [-0.15, -0.1) is 0 Å². The van der Waals surface area contributed by atoms with Crippen LogP contribution in [0.4, 0.5) is 0 Å². The van der Waals surface area contributed by atoms with Crippen LogP contribution < -0.4 is 0 Å². The summed E-state index contributed by atoms with van der Waals surface area (Å²) in [4.78, 5) is 21.5. The molecule has 0 fully saturated rings. The number of unbranched alkanes of at least 4 members (excludes halogenated alkanes) is 3. The lowest BCUT2D eigenvalue weighted by molar-refractivity contribution is -0.140. The van der Waals surface area contributed by atoms with Gasteiger partial charge in [0, 0.05) is 23.0 Å². The van der Waals surface area contributed by atoms with Crippen molar-refractivity contribution in [3.05, 3.63) is 0 Å². The highest BCUT2D eigenvalue weighted by Gasteiger charge is 2.09. The Morgan fingerprint density at radius 1 is 1.17 bits per heavy atom. The Bertz CT molecular complexity index is 278. The van der Waals surface area contributed by atoms with Crippen LogP contribution in [-0.4, -0.2) is 39.4 Å². The zero-order valence-electron chi connectivity index (χ0n) is 10.9. The van der Waals surface area contributed by atoms with Gasteiger partial charge in [-0.2, -0.15) is 0 Å². The van der Waals surface area contributed by atoms with Crippen molar-refractivity contribution in [2.75, 3.05) is 18.1 Å². The number of carbonyl (C=O) groups excluding carboxylic acids is 1. The fraction of sp³-hybridized carbons (Fsp3) is 0.833. The van der Waals surface area contributed by atoms with Crippen molar-refractivity contribution in [2.45, 2.75) is 45.4 Å². The Morgan fingerprint density at radius 3 is 2.50 bits per heavy atom. The molecule has 18 heavy (non-hydrogen) atoms. The summed E-state index contributed by atoms with van der Waals surface area (Å²) in [5.74, 6) is -1.27. The average molecular weight is 278 g/mol. The molecule has 0 aromatic carbocycles. The smallest absolute Gasteiger partial charge is 0.318 e. The Hall–Kier alpha value is -0.910. The van der Waals surface area contributed by atoms with Crippen LogP contribution in [0.5, 0.6) is 0 Å². The third kappa shape index (κ3) is 11.6. The van der Waals surface area contributed by atoms with Gasteiger partial charge < -0.3 is 9.84 Å². The van der Waals surface area contributed by atoms with Gasteiger partial charge in [-0.1, -0.05) is 26.2 Å². The minimum atomic E-state index is -1.31. The second-order valence-electron chi connectivity index (χ2n) is 4.07. The molecule has 0 aliphatic rings. The monoisotopic (exact) mass is 278 g/mol. The van der Waals surface area contributed by atoms with E-state index in [9.17, 15) is 13.8 Å². The number of ether oxygens (including phenoxy) is 1. The van der Waals surface area contributed by atoms with E-state index in [0.29, 0.717) is 13.0 Å². The van der Waals surface area contributed by atoms with Crippen LogP contribution in [0.3, 0.4) is 0 Å². The molecule has 0 aliphatic heterocycles. The average Bonchev–Trinajstić information content (AvgIpc) is 2.28. The predicted molar refractivity (Wildman–Crippen MR) is 69.8 cm³/mol. The van der Waals surface area contributed by atoms with Gasteiger partial charge in [0.2, 0.25) is 0 Å². The van der Waals surface area contributed by atoms with Crippen molar-refractivity contribution in [1.29, 1.82) is 0 Å². The van der Waals surface area contributed by atoms with Crippen LogP contribution in [0.2, 0.25) is 0 Å². The summed E-state index contributed by atoms with van der Waals surface area (Å²) in [6.07, 6.45) is 4.43. The molecule has 0 saturated carbocycles. The molecule has 1 atom stereocenters. The highest BCUT2D eigenvalue weighted by molar-refractivity contribution is 7.85. The van der Waals surface area contributed by atoms with Gasteiger partial charge in [0.25, 0.3) is 0 Å². The molecule has 0 aromatic rings. The van der Waals surface area contributed by atoms with Crippen molar-refractivity contribution in [1.82, 2.24) is 0 Å². The molecule has 0 aliphatic carbocycles. The molecule has 6 heteroatoms. The van der Waals surface area contributed by atoms with Gasteiger partial charge >= 0.3 is 11.9 Å². The van der Waals surface area contributed by atoms with E-state index >= 15 is 0 Å². The Morgan fingerprint density at radius 2 is 1.89 bits per heavy atom. The zero-order valence-corrected chi connectivity index (χ0v) is 11.7. The van der Waals surface area contributed by atoms with Gasteiger partial charge in [-0.3, -0.25) is 13.8 Å². The lowest BCUT2D eigenvalue weighted by Gasteiger charge is -2.04. The highest BCUT2D eigenvalue weighted by atomic mass is 32.2. The van der Waals surface area contributed by atoms with Gasteiger partial charge in [0.15, 0.2) is 0 Å². The normalized spacial score (nSPS) is 12.1. The quantitative estimate of drug-likeness (QED) is 0.460. The summed E-state index contributed by atoms with van der Waals surface area (Å²) in [5, 5.41) is 8.40. The minimum absolute atomic E-state index is 0.0161. The van der Waals surface area contributed by atoms with E-state index in [4.69, 9.17) is 9.84 Å². The number of rotatable bonds is 11. The van der Waals surface area contributed by atoms with E-state index in [-0.39, 0.29) is 17.9 Å². The maximum absolute atomic E-state index is 11.4. The topological polar surface area (TPSA) is 80.7 Å². The van der Waals surface area contributed by atoms with Crippen molar-refractivity contribution in [3.8, 4) is 0 Å². The molecule has 0 heterocycles. The number of esters is 1. The van der Waals surface area contributed by atoms with Gasteiger partial charge in [0.1, 0.15) is 5.75 Å². The van der Waals surface area contributed by atoms with Gasteiger partial charge in [0.05, 0.1) is 6.61 Å². The fourth-order valence-corrected chi connectivity index (χ4v) is 2.30. The molecule has 1 N–H and O–H groups in total. The van der Waals surface area contributed by atoms with E-state index in [0.717, 1.165) is 25.7 Å². The SMILES string of the molecule is CCCCCCOC(=O)CS(=O)CCCC(=O)O. The standard InChI is InChI=1S/C12H22O5S/c1-2-3-4-5-8-17-12(15)10-18(16)9-6-7-11(13)14/h2-10H2,1H3,(H,13,14). The number of hydrogen-bond donors (Lipinski definition) is 1. The van der Waals surface area contributed by atoms with Crippen LogP contribution in [0.15, 0.2) is 0 Å². The first-order chi connectivity index (χ1) is 8.56. The molecule has 0 aromatic heterocycles. The van der Waals surface area contributed by atoms with E-state index in [1.54, 1.807) is 0 Å². The fourth-order valence-electron chi connectivity index (χ4n) is 1.34. The molecule has 0 radical (unpaired) electrons. The summed E-state index contributed by atoms with van der Waals surface area (Å²) in [6, 6.07) is 0. The summed E-state index contributed by atoms with van der Waals surface area (Å²) >= 11 is 0. The molecule has 0 saturated heterocycles. The number of carboxylic acid groups (broad SMARTS) is 1. The number of carboxylic acids is 1. The predicted octanol–water partition coefficient (Wildman–Crippen LogP) is 1.72. The number of aliphatic carboxylic acids is 1. The molecule has 0 bridgehead atoms. The molecule has 1 unspecified atom stereocenters. The van der Waals surface area contributed by atoms with Gasteiger partial charge in [-0.05, 0) is 12.8 Å². The first-order valence-electron chi connectivity index (χ1n) is 6.28. The Kier molecular flexibility index (Phi) is 10.6. The van der Waals surface area contributed by atoms with Crippen LogP contribution in [0.1, 0.15) is 45.4 Å². The van der Waals surface area contributed by atoms with Crippen LogP contribution in [-0.2, 0) is 25.1 Å². The van der Waals surface area contributed by atoms with E-state index in [2.05, 4.69) is 6.92 Å².